The van der Waals surface area contributed by atoms with Crippen molar-refractivity contribution >= 4 is 37.6 Å². The highest BCUT2D eigenvalue weighted by Gasteiger charge is 2.09. The Morgan fingerprint density at radius 2 is 2.05 bits per heavy atom. The number of halogens is 2. The third-order valence-corrected chi connectivity index (χ3v) is 3.57. The molecular formula is C12H8Br2N4O. The lowest BCUT2D eigenvalue weighted by atomic mass is 10.3. The Kier molecular flexibility index (Phi) is 3.24. The number of hydrogen-bond acceptors (Lipinski definition) is 4. The number of fused-ring (bicyclic) bond motifs is 1. The van der Waals surface area contributed by atoms with E-state index in [1.54, 1.807) is 4.52 Å². The molecule has 3 rings (SSSR count). The van der Waals surface area contributed by atoms with Gasteiger partial charge in [0.05, 0.1) is 4.47 Å². The van der Waals surface area contributed by atoms with Crippen molar-refractivity contribution in [1.29, 1.82) is 0 Å². The lowest BCUT2D eigenvalue weighted by Crippen LogP contribution is -1.99. The van der Waals surface area contributed by atoms with Crippen molar-refractivity contribution in [2.75, 3.05) is 0 Å². The van der Waals surface area contributed by atoms with Crippen LogP contribution in [0.4, 0.5) is 0 Å². The monoisotopic (exact) mass is 382 g/mol. The smallest absolute Gasteiger partial charge is 0.255 e. The maximum absolute atomic E-state index is 5.87. The molecule has 0 unspecified atom stereocenters. The molecule has 0 amide bonds. The van der Waals surface area contributed by atoms with Gasteiger partial charge in [0.2, 0.25) is 5.88 Å². The number of nitrogens with zero attached hydrogens (tertiary/aromatic N) is 4. The van der Waals surface area contributed by atoms with Crippen molar-refractivity contribution in [2.24, 2.45) is 0 Å². The van der Waals surface area contributed by atoms with Crippen LogP contribution >= 0.6 is 31.9 Å². The van der Waals surface area contributed by atoms with E-state index in [0.29, 0.717) is 17.4 Å². The van der Waals surface area contributed by atoms with E-state index in [-0.39, 0.29) is 0 Å². The van der Waals surface area contributed by atoms with Gasteiger partial charge in [0.15, 0.2) is 0 Å². The van der Waals surface area contributed by atoms with Crippen LogP contribution in [0, 0.1) is 6.92 Å². The van der Waals surface area contributed by atoms with Gasteiger partial charge in [0.25, 0.3) is 5.78 Å². The first-order valence-corrected chi connectivity index (χ1v) is 7.02. The fraction of sp³-hybridized carbons (Fsp3) is 0.0833. The second kappa shape index (κ2) is 4.90. The summed E-state index contributed by atoms with van der Waals surface area (Å²) in [6, 6.07) is 7.51. The van der Waals surface area contributed by atoms with Crippen molar-refractivity contribution in [1.82, 2.24) is 19.6 Å². The Morgan fingerprint density at radius 1 is 1.21 bits per heavy atom. The zero-order valence-corrected chi connectivity index (χ0v) is 13.0. The molecule has 0 aliphatic heterocycles. The number of aryl methyl sites for hydroxylation is 1. The van der Waals surface area contributed by atoms with Gasteiger partial charge in [-0.2, -0.15) is 14.6 Å². The largest absolute Gasteiger partial charge is 0.438 e. The number of hydrogen-bond donors (Lipinski definition) is 0. The Balaban J connectivity index is 2.07. The van der Waals surface area contributed by atoms with Gasteiger partial charge in [-0.25, -0.2) is 4.98 Å². The molecule has 0 radical (unpaired) electrons. The van der Waals surface area contributed by atoms with Gasteiger partial charge >= 0.3 is 0 Å². The molecule has 0 N–H and O–H groups in total. The van der Waals surface area contributed by atoms with Crippen molar-refractivity contribution in [3.8, 4) is 11.6 Å². The molecule has 96 valence electrons. The van der Waals surface area contributed by atoms with Gasteiger partial charge in [-0.1, -0.05) is 15.9 Å². The molecule has 1 aromatic carbocycles. The highest BCUT2D eigenvalue weighted by Crippen LogP contribution is 2.32. The highest BCUT2D eigenvalue weighted by atomic mass is 79.9. The van der Waals surface area contributed by atoms with Crippen molar-refractivity contribution in [3.63, 3.8) is 0 Å². The van der Waals surface area contributed by atoms with Crippen LogP contribution in [0.3, 0.4) is 0 Å². The van der Waals surface area contributed by atoms with Gasteiger partial charge < -0.3 is 4.74 Å². The fourth-order valence-corrected chi connectivity index (χ4v) is 2.77. The summed E-state index contributed by atoms with van der Waals surface area (Å²) in [5.74, 6) is 1.79. The quantitative estimate of drug-likeness (QED) is 0.676. The van der Waals surface area contributed by atoms with E-state index in [2.05, 4.69) is 46.9 Å². The normalized spacial score (nSPS) is 10.9. The standard InChI is InChI=1S/C12H8Br2N4O/c1-7-4-11(18-12(17-7)15-6-16-18)19-10-3-2-8(13)5-9(10)14/h2-6H,1H3. The van der Waals surface area contributed by atoms with Crippen LogP contribution in [0.5, 0.6) is 11.6 Å². The summed E-state index contributed by atoms with van der Waals surface area (Å²) in [6.07, 6.45) is 1.45. The van der Waals surface area contributed by atoms with Crippen molar-refractivity contribution in [3.05, 3.63) is 45.2 Å². The minimum Gasteiger partial charge on any atom is -0.438 e. The highest BCUT2D eigenvalue weighted by molar-refractivity contribution is 9.11. The minimum absolute atomic E-state index is 0.517. The lowest BCUT2D eigenvalue weighted by Gasteiger charge is -2.09. The Hall–Kier alpha value is -1.47. The van der Waals surface area contributed by atoms with Gasteiger partial charge in [0.1, 0.15) is 12.1 Å². The molecule has 0 aliphatic carbocycles. The number of aromatic nitrogens is 4. The number of rotatable bonds is 2. The number of ether oxygens (including phenoxy) is 1. The maximum Gasteiger partial charge on any atom is 0.255 e. The molecule has 5 nitrogen and oxygen atoms in total. The number of benzene rings is 1. The second-order valence-electron chi connectivity index (χ2n) is 3.88. The molecule has 2 heterocycles. The first-order chi connectivity index (χ1) is 9.13. The molecule has 0 bridgehead atoms. The van der Waals surface area contributed by atoms with Crippen LogP contribution in [0.15, 0.2) is 39.5 Å². The fourth-order valence-electron chi connectivity index (χ4n) is 1.64. The van der Waals surface area contributed by atoms with E-state index in [1.165, 1.54) is 6.33 Å². The minimum atomic E-state index is 0.517. The predicted molar refractivity (Wildman–Crippen MR) is 77.4 cm³/mol. The molecule has 0 atom stereocenters. The van der Waals surface area contributed by atoms with Crippen LogP contribution in [0.25, 0.3) is 5.78 Å². The van der Waals surface area contributed by atoms with E-state index in [9.17, 15) is 0 Å². The summed E-state index contributed by atoms with van der Waals surface area (Å²) in [7, 11) is 0. The summed E-state index contributed by atoms with van der Waals surface area (Å²) in [5.41, 5.74) is 0.823. The topological polar surface area (TPSA) is 52.3 Å². The SMILES string of the molecule is Cc1cc(Oc2ccc(Br)cc2Br)n2ncnc2n1. The van der Waals surface area contributed by atoms with Crippen LogP contribution in [-0.2, 0) is 0 Å². The molecule has 3 aromatic rings. The zero-order valence-electron chi connectivity index (χ0n) is 9.84. The van der Waals surface area contributed by atoms with Crippen LogP contribution in [0.1, 0.15) is 5.69 Å². The Labute approximate surface area is 125 Å². The molecule has 0 aliphatic rings. The molecule has 0 saturated heterocycles. The average Bonchev–Trinajstić information content (AvgIpc) is 2.80. The first kappa shape index (κ1) is 12.6. The molecule has 0 saturated carbocycles. The Bertz CT molecular complexity index is 757. The van der Waals surface area contributed by atoms with Crippen LogP contribution < -0.4 is 4.74 Å². The van der Waals surface area contributed by atoms with Crippen molar-refractivity contribution in [2.45, 2.75) is 6.92 Å². The Morgan fingerprint density at radius 3 is 2.84 bits per heavy atom. The van der Waals surface area contributed by atoms with Gasteiger partial charge in [-0.05, 0) is 41.1 Å². The summed E-state index contributed by atoms with van der Waals surface area (Å²) in [6.45, 7) is 1.89. The van der Waals surface area contributed by atoms with E-state index in [4.69, 9.17) is 4.74 Å². The van der Waals surface area contributed by atoms with Crippen LogP contribution in [-0.4, -0.2) is 19.6 Å². The molecular weight excluding hydrogens is 376 g/mol. The molecule has 0 spiro atoms. The third kappa shape index (κ3) is 2.48. The maximum atomic E-state index is 5.87. The van der Waals surface area contributed by atoms with Gasteiger partial charge in [0, 0.05) is 16.2 Å². The van der Waals surface area contributed by atoms with E-state index < -0.39 is 0 Å². The zero-order chi connectivity index (χ0) is 13.4. The molecule has 19 heavy (non-hydrogen) atoms. The van der Waals surface area contributed by atoms with Crippen molar-refractivity contribution < 1.29 is 4.74 Å². The molecule has 7 heteroatoms. The predicted octanol–water partition coefficient (Wildman–Crippen LogP) is 3.75. The molecule has 2 aromatic heterocycles. The summed E-state index contributed by atoms with van der Waals surface area (Å²) >= 11 is 6.87. The average molecular weight is 384 g/mol. The first-order valence-electron chi connectivity index (χ1n) is 5.44. The van der Waals surface area contributed by atoms with Crippen LogP contribution in [0.2, 0.25) is 0 Å². The summed E-state index contributed by atoms with van der Waals surface area (Å²) in [4.78, 5) is 8.32. The summed E-state index contributed by atoms with van der Waals surface area (Å²) in [5, 5.41) is 4.10. The molecule has 0 fully saturated rings. The van der Waals surface area contributed by atoms with Gasteiger partial charge in [-0.3, -0.25) is 0 Å². The summed E-state index contributed by atoms with van der Waals surface area (Å²) < 4.78 is 9.25. The lowest BCUT2D eigenvalue weighted by molar-refractivity contribution is 0.442. The van der Waals surface area contributed by atoms with E-state index in [1.807, 2.05) is 31.2 Å². The second-order valence-corrected chi connectivity index (χ2v) is 5.65. The van der Waals surface area contributed by atoms with E-state index >= 15 is 0 Å². The third-order valence-electron chi connectivity index (χ3n) is 2.46. The van der Waals surface area contributed by atoms with E-state index in [0.717, 1.165) is 14.6 Å². The van der Waals surface area contributed by atoms with Gasteiger partial charge in [-0.15, -0.1) is 0 Å².